The normalized spacial score (nSPS) is 18.4. The van der Waals surface area contributed by atoms with Gasteiger partial charge < -0.3 is 0 Å². The molecule has 0 aromatic heterocycles. The van der Waals surface area contributed by atoms with E-state index >= 15 is 0 Å². The van der Waals surface area contributed by atoms with Gasteiger partial charge in [0.05, 0.1) is 0 Å². The number of hydrogen-bond acceptors (Lipinski definition) is 0. The van der Waals surface area contributed by atoms with Gasteiger partial charge in [-0.3, -0.25) is 0 Å². The number of rotatable bonds is 6. The minimum atomic E-state index is 0.0753. The quantitative estimate of drug-likeness (QED) is 0.381. The van der Waals surface area contributed by atoms with E-state index < -0.39 is 0 Å². The summed E-state index contributed by atoms with van der Waals surface area (Å²) < 4.78 is 1.31. The van der Waals surface area contributed by atoms with Crippen molar-refractivity contribution in [3.05, 3.63) is 105 Å². The summed E-state index contributed by atoms with van der Waals surface area (Å²) in [5, 5.41) is 0. The Labute approximate surface area is 203 Å². The van der Waals surface area contributed by atoms with Crippen LogP contribution in [0.3, 0.4) is 0 Å². The van der Waals surface area contributed by atoms with Gasteiger partial charge in [-0.25, -0.2) is 0 Å². The standard InChI is InChI=1S/C31H35Br/c1-22(2)21-31(4,28-15-9-25(10-16-28)24-7-5-23(3)6-8-24)29-17-11-26(12-18-29)27-13-19-30(32)20-14-27/h5-11,13,15-17,19,22H,12,14,18,20-21H2,1-4H3. The molecular formula is C31H35Br. The van der Waals surface area contributed by atoms with Gasteiger partial charge in [-0.1, -0.05) is 121 Å². The molecule has 1 unspecified atom stereocenters. The van der Waals surface area contributed by atoms with Gasteiger partial charge in [0.25, 0.3) is 0 Å². The summed E-state index contributed by atoms with van der Waals surface area (Å²) in [4.78, 5) is 0. The van der Waals surface area contributed by atoms with Crippen LogP contribution >= 0.6 is 15.9 Å². The van der Waals surface area contributed by atoms with E-state index in [9.17, 15) is 0 Å². The summed E-state index contributed by atoms with van der Waals surface area (Å²) in [6.07, 6.45) is 15.1. The third-order valence-corrected chi connectivity index (χ3v) is 7.75. The second kappa shape index (κ2) is 9.79. The first-order valence-electron chi connectivity index (χ1n) is 12.0. The van der Waals surface area contributed by atoms with E-state index in [0.717, 1.165) is 25.7 Å². The SMILES string of the molecule is Cc1ccc(-c2ccc(C(C)(CC(C)C)C3=CC=C(C4=CC=C(Br)CC4)CC3)cc2)cc1. The van der Waals surface area contributed by atoms with Crippen LogP contribution in [0.2, 0.25) is 0 Å². The van der Waals surface area contributed by atoms with Gasteiger partial charge in [0.1, 0.15) is 0 Å². The summed E-state index contributed by atoms with van der Waals surface area (Å²) in [6.45, 7) is 9.29. The van der Waals surface area contributed by atoms with Gasteiger partial charge >= 0.3 is 0 Å². The van der Waals surface area contributed by atoms with Crippen LogP contribution in [0.15, 0.2) is 94.0 Å². The smallest absolute Gasteiger partial charge is 0.0139 e. The lowest BCUT2D eigenvalue weighted by atomic mass is 9.67. The van der Waals surface area contributed by atoms with Crippen LogP contribution in [0, 0.1) is 12.8 Å². The molecule has 2 aromatic carbocycles. The molecule has 2 aromatic rings. The molecule has 0 amide bonds. The molecule has 0 bridgehead atoms. The zero-order valence-corrected chi connectivity index (χ0v) is 21.5. The maximum atomic E-state index is 3.63. The van der Waals surface area contributed by atoms with E-state index in [4.69, 9.17) is 0 Å². The molecule has 4 rings (SSSR count). The Kier molecular flexibility index (Phi) is 7.05. The topological polar surface area (TPSA) is 0 Å². The molecule has 166 valence electrons. The Balaban J connectivity index is 1.63. The van der Waals surface area contributed by atoms with E-state index in [1.807, 2.05) is 0 Å². The van der Waals surface area contributed by atoms with E-state index in [2.05, 4.69) is 116 Å². The molecule has 32 heavy (non-hydrogen) atoms. The number of benzene rings is 2. The molecule has 0 heterocycles. The highest BCUT2D eigenvalue weighted by molar-refractivity contribution is 9.11. The predicted molar refractivity (Wildman–Crippen MR) is 143 cm³/mol. The molecule has 1 heteroatoms. The zero-order chi connectivity index (χ0) is 22.7. The molecule has 2 aliphatic rings. The third-order valence-electron chi connectivity index (χ3n) is 7.09. The average molecular weight is 488 g/mol. The number of hydrogen-bond donors (Lipinski definition) is 0. The molecule has 0 spiro atoms. The summed E-state index contributed by atoms with van der Waals surface area (Å²) in [6, 6.07) is 18.2. The molecule has 0 fully saturated rings. The van der Waals surface area contributed by atoms with E-state index in [1.165, 1.54) is 44.3 Å². The van der Waals surface area contributed by atoms with Gasteiger partial charge in [0.15, 0.2) is 0 Å². The predicted octanol–water partition coefficient (Wildman–Crippen LogP) is 9.61. The molecule has 0 aliphatic heterocycles. The van der Waals surface area contributed by atoms with Crippen LogP contribution in [0.1, 0.15) is 64.0 Å². The van der Waals surface area contributed by atoms with Crippen LogP contribution in [0.5, 0.6) is 0 Å². The van der Waals surface area contributed by atoms with Gasteiger partial charge in [0.2, 0.25) is 0 Å². The van der Waals surface area contributed by atoms with Gasteiger partial charge in [-0.2, -0.15) is 0 Å². The highest BCUT2D eigenvalue weighted by Crippen LogP contribution is 2.43. The van der Waals surface area contributed by atoms with Crippen LogP contribution < -0.4 is 0 Å². The lowest BCUT2D eigenvalue weighted by molar-refractivity contribution is 0.409. The number of aryl methyl sites for hydroxylation is 1. The summed E-state index contributed by atoms with van der Waals surface area (Å²) >= 11 is 3.63. The van der Waals surface area contributed by atoms with Crippen LogP contribution in [-0.2, 0) is 5.41 Å². The Morgan fingerprint density at radius 3 is 1.81 bits per heavy atom. The van der Waals surface area contributed by atoms with Crippen molar-refractivity contribution in [2.45, 2.75) is 65.2 Å². The van der Waals surface area contributed by atoms with Crippen LogP contribution in [0.25, 0.3) is 11.1 Å². The molecule has 0 radical (unpaired) electrons. The summed E-state index contributed by atoms with van der Waals surface area (Å²) in [7, 11) is 0. The molecule has 1 atom stereocenters. The number of halogens is 1. The molecule has 0 N–H and O–H groups in total. The Hall–Kier alpha value is -2.12. The van der Waals surface area contributed by atoms with Gasteiger partial charge in [-0.15, -0.1) is 0 Å². The zero-order valence-electron chi connectivity index (χ0n) is 19.9. The van der Waals surface area contributed by atoms with Crippen LogP contribution in [0.4, 0.5) is 0 Å². The summed E-state index contributed by atoms with van der Waals surface area (Å²) in [5.41, 5.74) is 10.0. The maximum Gasteiger partial charge on any atom is 0.0139 e. The Bertz CT molecular complexity index is 1070. The molecule has 0 saturated heterocycles. The van der Waals surface area contributed by atoms with Crippen molar-refractivity contribution >= 4 is 15.9 Å². The first kappa shape index (κ1) is 23.1. The Morgan fingerprint density at radius 2 is 1.31 bits per heavy atom. The van der Waals surface area contributed by atoms with Crippen molar-refractivity contribution in [1.29, 1.82) is 0 Å². The van der Waals surface area contributed by atoms with E-state index in [-0.39, 0.29) is 5.41 Å². The van der Waals surface area contributed by atoms with Crippen molar-refractivity contribution in [3.63, 3.8) is 0 Å². The van der Waals surface area contributed by atoms with E-state index in [1.54, 1.807) is 5.57 Å². The molecule has 0 saturated carbocycles. The highest BCUT2D eigenvalue weighted by atomic mass is 79.9. The first-order valence-corrected chi connectivity index (χ1v) is 12.8. The fourth-order valence-electron chi connectivity index (χ4n) is 5.27. The van der Waals surface area contributed by atoms with Crippen molar-refractivity contribution in [3.8, 4) is 11.1 Å². The van der Waals surface area contributed by atoms with Crippen molar-refractivity contribution in [2.75, 3.05) is 0 Å². The van der Waals surface area contributed by atoms with Crippen molar-refractivity contribution in [2.24, 2.45) is 5.92 Å². The number of allylic oxidation sites excluding steroid dienone is 8. The van der Waals surface area contributed by atoms with E-state index in [0.29, 0.717) is 5.92 Å². The summed E-state index contributed by atoms with van der Waals surface area (Å²) in [5.74, 6) is 0.645. The van der Waals surface area contributed by atoms with Gasteiger partial charge in [-0.05, 0) is 77.3 Å². The average Bonchev–Trinajstić information content (AvgIpc) is 2.80. The second-order valence-corrected chi connectivity index (χ2v) is 11.1. The lowest BCUT2D eigenvalue weighted by Gasteiger charge is -2.37. The monoisotopic (exact) mass is 486 g/mol. The van der Waals surface area contributed by atoms with Crippen LogP contribution in [-0.4, -0.2) is 0 Å². The second-order valence-electron chi connectivity index (χ2n) is 10.1. The first-order chi connectivity index (χ1) is 15.3. The Morgan fingerprint density at radius 1 is 0.750 bits per heavy atom. The fraction of sp³-hybridized carbons (Fsp3) is 0.355. The minimum Gasteiger partial charge on any atom is -0.0627 e. The molecule has 2 aliphatic carbocycles. The van der Waals surface area contributed by atoms with Crippen molar-refractivity contribution < 1.29 is 0 Å². The minimum absolute atomic E-state index is 0.0753. The van der Waals surface area contributed by atoms with Gasteiger partial charge in [0, 0.05) is 5.41 Å². The highest BCUT2D eigenvalue weighted by Gasteiger charge is 2.32. The van der Waals surface area contributed by atoms with Crippen molar-refractivity contribution in [1.82, 2.24) is 0 Å². The molecular weight excluding hydrogens is 452 g/mol. The maximum absolute atomic E-state index is 3.63. The molecule has 0 nitrogen and oxygen atoms in total. The fourth-order valence-corrected chi connectivity index (χ4v) is 5.60. The largest absolute Gasteiger partial charge is 0.0627 e. The third kappa shape index (κ3) is 5.09. The lowest BCUT2D eigenvalue weighted by Crippen LogP contribution is -2.28.